The molecule has 0 bridgehead atoms. The van der Waals surface area contributed by atoms with Gasteiger partial charge in [0.05, 0.1) is 40.6 Å². The fraction of sp³-hybridized carbons (Fsp3) is 0.523. The highest BCUT2D eigenvalue weighted by Gasteiger charge is 2.33. The van der Waals surface area contributed by atoms with Crippen LogP contribution in [0.2, 0.25) is 0 Å². The van der Waals surface area contributed by atoms with Gasteiger partial charge in [0.15, 0.2) is 11.3 Å². The molecule has 1 saturated carbocycles. The number of benzene rings is 1. The summed E-state index contributed by atoms with van der Waals surface area (Å²) in [5.41, 5.74) is 2.53. The van der Waals surface area contributed by atoms with Gasteiger partial charge in [0.25, 0.3) is 12.3 Å². The summed E-state index contributed by atoms with van der Waals surface area (Å²) >= 11 is 0. The number of ether oxygens (including phenoxy) is 2. The summed E-state index contributed by atoms with van der Waals surface area (Å²) in [5.74, 6) is 5.61. The molecular formula is C44H50F2N10O6. The van der Waals surface area contributed by atoms with Gasteiger partial charge in [-0.15, -0.1) is 0 Å². The predicted molar refractivity (Wildman–Crippen MR) is 223 cm³/mol. The monoisotopic (exact) mass is 852 g/mol. The van der Waals surface area contributed by atoms with Crippen LogP contribution in [-0.4, -0.2) is 102 Å². The fourth-order valence-electron chi connectivity index (χ4n) is 9.58. The highest BCUT2D eigenvalue weighted by atomic mass is 19.3. The quantitative estimate of drug-likeness (QED) is 0.145. The zero-order valence-corrected chi connectivity index (χ0v) is 34.6. The van der Waals surface area contributed by atoms with Gasteiger partial charge in [-0.25, -0.2) is 23.1 Å². The van der Waals surface area contributed by atoms with E-state index >= 15 is 0 Å². The normalized spacial score (nSPS) is 22.0. The Hall–Kier alpha value is -5.77. The average molecular weight is 853 g/mol. The van der Waals surface area contributed by atoms with Crippen molar-refractivity contribution in [1.82, 2.24) is 43.7 Å². The summed E-state index contributed by atoms with van der Waals surface area (Å²) in [7, 11) is 1.66. The number of hydrogen-bond acceptors (Lipinski definition) is 10. The minimum Gasteiger partial charge on any atom is -0.381 e. The van der Waals surface area contributed by atoms with Gasteiger partial charge >= 0.3 is 5.69 Å². The standard InChI is InChI=1S/C44H50F2N10O6/c1-52-39-29(4-2-6-35(39)56(44(52)60)36-11-12-37(57)50-43(36)59)5-3-21-62-31-13-18-53(19-14-31)25-27-7-9-30(10-8-27)55-26-34(38(51-55)40(45)46)49-42(58)32-24-47-54-20-15-33(48-41(32)54)28-16-22-61-23-17-28/h2,4,6,15,20,24,26-28,30-31,36,40H,7-14,16-19,21-23,25H2,1H3,(H,49,58)(H,50,57,59)/t27-,30-,36?. The van der Waals surface area contributed by atoms with Gasteiger partial charge in [0.1, 0.15) is 18.2 Å². The van der Waals surface area contributed by atoms with Crippen molar-refractivity contribution >= 4 is 40.1 Å². The van der Waals surface area contributed by atoms with Gasteiger partial charge in [-0.3, -0.25) is 33.5 Å². The SMILES string of the molecule is Cn1c(=O)n(C2CCC(=O)NC2=O)c2cccc(C#CCOC3CCN(C[C@H]4CC[C@H](n5cc(NC(=O)c6cnn7ccc(C8CCOCC8)nc67)c(C(F)F)n5)CC4)CC3)c21. The molecule has 326 valence electrons. The second-order valence-corrected chi connectivity index (χ2v) is 16.9. The van der Waals surface area contributed by atoms with Crippen LogP contribution >= 0.6 is 0 Å². The number of likely N-dealkylation sites (tertiary alicyclic amines) is 1. The molecule has 9 rings (SSSR count). The molecule has 16 nitrogen and oxygen atoms in total. The molecule has 3 amide bonds. The molecule has 5 aromatic rings. The van der Waals surface area contributed by atoms with Crippen molar-refractivity contribution in [3.05, 3.63) is 75.9 Å². The van der Waals surface area contributed by atoms with Gasteiger partial charge in [0.2, 0.25) is 11.8 Å². The third kappa shape index (κ3) is 8.53. The number of anilines is 1. The molecule has 1 aromatic carbocycles. The molecule has 2 N–H and O–H groups in total. The van der Waals surface area contributed by atoms with E-state index in [0.29, 0.717) is 41.4 Å². The molecule has 1 aliphatic carbocycles. The first-order valence-corrected chi connectivity index (χ1v) is 21.6. The molecule has 4 fully saturated rings. The summed E-state index contributed by atoms with van der Waals surface area (Å²) in [6.45, 7) is 4.34. The van der Waals surface area contributed by atoms with E-state index in [2.05, 4.69) is 37.6 Å². The number of aromatic nitrogens is 7. The number of fused-ring (bicyclic) bond motifs is 2. The molecule has 3 aliphatic heterocycles. The Kier molecular flexibility index (Phi) is 12.0. The summed E-state index contributed by atoms with van der Waals surface area (Å²) < 4.78 is 46.2. The fourth-order valence-corrected chi connectivity index (χ4v) is 9.58. The van der Waals surface area contributed by atoms with E-state index in [4.69, 9.17) is 14.5 Å². The van der Waals surface area contributed by atoms with E-state index in [1.54, 1.807) is 24.0 Å². The van der Waals surface area contributed by atoms with E-state index < -0.39 is 30.0 Å². The number of hydrogen-bond donors (Lipinski definition) is 2. The summed E-state index contributed by atoms with van der Waals surface area (Å²) in [5, 5.41) is 13.6. The summed E-state index contributed by atoms with van der Waals surface area (Å²) in [4.78, 5) is 58.2. The highest BCUT2D eigenvalue weighted by Crippen LogP contribution is 2.36. The second-order valence-electron chi connectivity index (χ2n) is 16.9. The van der Waals surface area contributed by atoms with Crippen LogP contribution in [0.5, 0.6) is 0 Å². The number of imide groups is 1. The van der Waals surface area contributed by atoms with Crippen LogP contribution in [0.3, 0.4) is 0 Å². The number of carbonyl (C=O) groups excluding carboxylic acids is 3. The number of piperidine rings is 2. The van der Waals surface area contributed by atoms with Gasteiger partial charge in [-0.05, 0) is 81.9 Å². The maximum atomic E-state index is 14.3. The number of para-hydroxylation sites is 1. The third-order valence-corrected chi connectivity index (χ3v) is 13.0. The Morgan fingerprint density at radius 2 is 1.82 bits per heavy atom. The lowest BCUT2D eigenvalue weighted by atomic mass is 9.85. The number of aryl methyl sites for hydroxylation is 1. The molecule has 62 heavy (non-hydrogen) atoms. The third-order valence-electron chi connectivity index (χ3n) is 13.0. The molecule has 0 spiro atoms. The van der Waals surface area contributed by atoms with Crippen molar-refractivity contribution in [3.63, 3.8) is 0 Å². The summed E-state index contributed by atoms with van der Waals surface area (Å²) in [6, 6.07) is 6.53. The van der Waals surface area contributed by atoms with Gasteiger partial charge < -0.3 is 19.7 Å². The van der Waals surface area contributed by atoms with Crippen LogP contribution in [0.1, 0.15) is 116 Å². The van der Waals surface area contributed by atoms with E-state index in [-0.39, 0.29) is 60.4 Å². The number of imidazole rings is 1. The lowest BCUT2D eigenvalue weighted by Crippen LogP contribution is -2.44. The molecule has 0 radical (unpaired) electrons. The first kappa shape index (κ1) is 41.6. The van der Waals surface area contributed by atoms with Crippen LogP contribution in [0.4, 0.5) is 14.5 Å². The topological polar surface area (TPSA) is 172 Å². The minimum atomic E-state index is -2.86. The smallest absolute Gasteiger partial charge is 0.329 e. The Balaban J connectivity index is 0.748. The number of alkyl halides is 2. The maximum Gasteiger partial charge on any atom is 0.329 e. The Bertz CT molecular complexity index is 2600. The first-order chi connectivity index (χ1) is 30.1. The number of rotatable bonds is 10. The largest absolute Gasteiger partial charge is 0.381 e. The van der Waals surface area contributed by atoms with E-state index in [1.165, 1.54) is 26.0 Å². The molecule has 1 atom stereocenters. The predicted octanol–water partition coefficient (Wildman–Crippen LogP) is 4.90. The Labute approximate surface area is 355 Å². The summed E-state index contributed by atoms with van der Waals surface area (Å²) in [6.07, 6.45) is 9.33. The Morgan fingerprint density at radius 3 is 2.58 bits per heavy atom. The number of nitrogens with one attached hydrogen (secondary N) is 2. The number of amides is 3. The van der Waals surface area contributed by atoms with E-state index in [0.717, 1.165) is 76.7 Å². The van der Waals surface area contributed by atoms with Crippen molar-refractivity contribution in [2.24, 2.45) is 13.0 Å². The van der Waals surface area contributed by atoms with Crippen LogP contribution in [0.25, 0.3) is 16.7 Å². The van der Waals surface area contributed by atoms with Crippen LogP contribution < -0.4 is 16.3 Å². The van der Waals surface area contributed by atoms with Gasteiger partial charge in [-0.1, -0.05) is 17.9 Å². The molecule has 7 heterocycles. The molecule has 3 saturated heterocycles. The van der Waals surface area contributed by atoms with Crippen LogP contribution in [-0.2, 0) is 26.1 Å². The van der Waals surface area contributed by atoms with Crippen molar-refractivity contribution in [2.45, 2.75) is 94.7 Å². The van der Waals surface area contributed by atoms with Gasteiger partial charge in [-0.2, -0.15) is 10.2 Å². The zero-order chi connectivity index (χ0) is 42.9. The maximum absolute atomic E-state index is 14.3. The zero-order valence-electron chi connectivity index (χ0n) is 34.6. The molecule has 4 aliphatic rings. The second kappa shape index (κ2) is 17.9. The number of halogens is 2. The Morgan fingerprint density at radius 1 is 1.03 bits per heavy atom. The molecule has 18 heteroatoms. The molecule has 1 unspecified atom stereocenters. The van der Waals surface area contributed by atoms with Crippen molar-refractivity contribution in [2.75, 3.05) is 44.8 Å². The van der Waals surface area contributed by atoms with Crippen molar-refractivity contribution in [1.29, 1.82) is 0 Å². The molecule has 4 aromatic heterocycles. The van der Waals surface area contributed by atoms with Crippen molar-refractivity contribution < 1.29 is 32.6 Å². The number of nitrogens with zero attached hydrogens (tertiary/aromatic N) is 8. The van der Waals surface area contributed by atoms with Crippen molar-refractivity contribution in [3.8, 4) is 11.8 Å². The van der Waals surface area contributed by atoms with Crippen LogP contribution in [0.15, 0.2) is 47.7 Å². The van der Waals surface area contributed by atoms with Gasteiger partial charge in [0, 0.05) is 70.3 Å². The van der Waals surface area contributed by atoms with Crippen LogP contribution in [0, 0.1) is 17.8 Å². The highest BCUT2D eigenvalue weighted by molar-refractivity contribution is 6.08. The lowest BCUT2D eigenvalue weighted by Gasteiger charge is -2.36. The van der Waals surface area contributed by atoms with E-state index in [1.807, 2.05) is 18.2 Å². The lowest BCUT2D eigenvalue weighted by molar-refractivity contribution is -0.135. The minimum absolute atomic E-state index is 0.00540. The number of carbonyl (C=O) groups is 3. The average Bonchev–Trinajstić information content (AvgIpc) is 3.98. The molecular weight excluding hydrogens is 803 g/mol. The van der Waals surface area contributed by atoms with E-state index in [9.17, 15) is 28.0 Å². The first-order valence-electron chi connectivity index (χ1n) is 21.6.